The number of alkyl halides is 6. The van der Waals surface area contributed by atoms with E-state index in [1.54, 1.807) is 17.9 Å². The van der Waals surface area contributed by atoms with Crippen LogP contribution in [0.4, 0.5) is 26.3 Å². The van der Waals surface area contributed by atoms with Crippen molar-refractivity contribution in [2.24, 2.45) is 35.5 Å². The smallest absolute Gasteiger partial charge is 0.430 e. The number of carbonyl (C=O) groups excluding carboxylic acids is 5. The number of carboxylic acid groups (broad SMARTS) is 2. The Kier molecular flexibility index (Phi) is 17.2. The van der Waals surface area contributed by atoms with Gasteiger partial charge >= 0.3 is 30.3 Å². The number of ether oxygens (including phenoxy) is 5. The number of piperidine rings is 1. The highest BCUT2D eigenvalue weighted by Gasteiger charge is 2.69. The number of nitrogens with one attached hydrogen (secondary N) is 1. The molecule has 3 heterocycles. The van der Waals surface area contributed by atoms with Crippen LogP contribution < -0.4 is 15.1 Å². The van der Waals surface area contributed by atoms with Gasteiger partial charge in [0.15, 0.2) is 6.10 Å². The Morgan fingerprint density at radius 2 is 1.63 bits per heavy atom. The van der Waals surface area contributed by atoms with E-state index in [0.717, 1.165) is 18.4 Å². The van der Waals surface area contributed by atoms with E-state index in [1.165, 1.54) is 33.0 Å². The monoisotopic (exact) mass is 908 g/mol. The third-order valence-electron chi connectivity index (χ3n) is 12.9. The summed E-state index contributed by atoms with van der Waals surface area (Å²) in [4.78, 5) is 59.0. The zero-order chi connectivity index (χ0) is 47.2. The van der Waals surface area contributed by atoms with Gasteiger partial charge in [-0.3, -0.25) is 4.79 Å². The molecule has 3 aliphatic carbocycles. The lowest BCUT2D eigenvalue weighted by atomic mass is 9.57. The molecule has 1 unspecified atom stereocenters. The van der Waals surface area contributed by atoms with Crippen LogP contribution in [0.2, 0.25) is 0 Å². The Bertz CT molecular complexity index is 1760. The molecular formula is C43H56F6NO13-. The fourth-order valence-electron chi connectivity index (χ4n) is 9.61. The Balaban J connectivity index is 0.000000537. The third kappa shape index (κ3) is 12.3. The molecule has 2 N–H and O–H groups in total. The minimum Gasteiger partial charge on any atom is -0.542 e. The molecule has 2 saturated heterocycles. The number of likely N-dealkylation sites (tertiary alicyclic amines) is 1. The summed E-state index contributed by atoms with van der Waals surface area (Å²) in [6.45, 7) is 10.0. The van der Waals surface area contributed by atoms with Crippen LogP contribution in [0.5, 0.6) is 0 Å². The van der Waals surface area contributed by atoms with Crippen LogP contribution in [-0.2, 0) is 47.7 Å². The summed E-state index contributed by atoms with van der Waals surface area (Å²) >= 11 is 0. The Labute approximate surface area is 361 Å². The summed E-state index contributed by atoms with van der Waals surface area (Å²) in [7, 11) is 3.72. The molecule has 4 bridgehead atoms. The van der Waals surface area contributed by atoms with Crippen LogP contribution in [0.3, 0.4) is 0 Å². The van der Waals surface area contributed by atoms with Crippen LogP contribution in [0, 0.1) is 35.5 Å². The van der Waals surface area contributed by atoms with Gasteiger partial charge in [0, 0.05) is 48.7 Å². The lowest BCUT2D eigenvalue weighted by Gasteiger charge is -2.49. The van der Waals surface area contributed by atoms with Gasteiger partial charge in [0.25, 0.3) is 0 Å². The van der Waals surface area contributed by atoms with Crippen LogP contribution in [0.25, 0.3) is 0 Å². The summed E-state index contributed by atoms with van der Waals surface area (Å²) in [5.74, 6) is -8.08. The molecule has 1 spiro atoms. The lowest BCUT2D eigenvalue weighted by Crippen LogP contribution is -3.10. The molecule has 0 aromatic heterocycles. The zero-order valence-electron chi connectivity index (χ0n) is 35.9. The van der Waals surface area contributed by atoms with E-state index in [1.807, 2.05) is 32.9 Å². The minimum absolute atomic E-state index is 0.183. The zero-order valence-corrected chi connectivity index (χ0v) is 35.9. The number of carbonyl (C=O) groups is 5. The molecule has 354 valence electrons. The fourth-order valence-corrected chi connectivity index (χ4v) is 9.61. The first-order valence-corrected chi connectivity index (χ1v) is 20.9. The maximum atomic E-state index is 13.7. The van der Waals surface area contributed by atoms with Crippen molar-refractivity contribution in [1.82, 2.24) is 0 Å². The summed E-state index contributed by atoms with van der Waals surface area (Å²) in [6.07, 6.45) is 2.34. The van der Waals surface area contributed by atoms with E-state index < -0.39 is 78.5 Å². The van der Waals surface area contributed by atoms with Gasteiger partial charge < -0.3 is 53.5 Å². The number of aliphatic hydroxyl groups excluding tert-OH is 1. The van der Waals surface area contributed by atoms with Gasteiger partial charge in [0.05, 0.1) is 26.2 Å². The number of hydrogen-bond donors (Lipinski definition) is 2. The largest absolute Gasteiger partial charge is 0.542 e. The predicted octanol–water partition coefficient (Wildman–Crippen LogP) is 1.89. The highest BCUT2D eigenvalue weighted by atomic mass is 19.4. The van der Waals surface area contributed by atoms with Gasteiger partial charge in [0.1, 0.15) is 42.0 Å². The topological polar surface area (TPSA) is 202 Å². The van der Waals surface area contributed by atoms with Crippen LogP contribution >= 0.6 is 0 Å². The average molecular weight is 909 g/mol. The van der Waals surface area contributed by atoms with Crippen molar-refractivity contribution in [2.75, 3.05) is 27.2 Å². The van der Waals surface area contributed by atoms with Crippen molar-refractivity contribution in [1.29, 1.82) is 0 Å². The highest BCUT2D eigenvalue weighted by Crippen LogP contribution is 2.61. The number of hydrogen-bond acceptors (Lipinski definition) is 13. The molecule has 3 aliphatic heterocycles. The number of quaternary nitrogens is 1. The summed E-state index contributed by atoms with van der Waals surface area (Å²) in [5.41, 5.74) is 0.528. The van der Waals surface area contributed by atoms with Gasteiger partial charge in [-0.2, -0.15) is 26.3 Å². The predicted molar refractivity (Wildman–Crippen MR) is 203 cm³/mol. The number of aliphatic hydroxyl groups is 1. The van der Waals surface area contributed by atoms with E-state index >= 15 is 0 Å². The first-order chi connectivity index (χ1) is 29.3. The number of carboxylic acids is 2. The molecule has 0 amide bonds. The molecule has 0 aromatic carbocycles. The standard InChI is InChI=1S/C39H55NO9.2C2HF3O2/c1-22-20-23(2)39-28(14-15-29-32(39)33(42)24(3)35(36(29)49-39)48-37(43)27-11-7-8-12-27)21-30(45-6)38(44)47-34(22)25(4)46-31(41)13-9-10-26-16-18-40(5)19-17-26;2*3-2(4,5)1(6)7/h7-8,11,14-15,20,22,24-26,28-30,32-36,42H,9-10,12-13,16-19,21H2,1-6H3;2*(H,6,7)/p-1/b23-20+;;/t22-,24-,25-,28?,29-,30+,32+,33-,34+,35-,36-,39+;;/m1../s1. The van der Waals surface area contributed by atoms with Gasteiger partial charge in [0.2, 0.25) is 0 Å². The van der Waals surface area contributed by atoms with Gasteiger partial charge in [-0.1, -0.05) is 50.3 Å². The SMILES string of the molecule is CO[C@H]1CC2C=C[C@H]3[C@H]4O[C@]2(/C(C)=C/[C@@H](C)[C@@H]([C@@H](C)OC(=O)CCCC2CC[NH+](C)CC2)OC1=O)[C@@H]3[C@H](O)[C@@H](C)[C@H]4OC(=O)C1=CC=CC1.O=C([O-])C(F)(F)F.O=C([O-])C(F)(F)F. The van der Waals surface area contributed by atoms with Gasteiger partial charge in [-0.15, -0.1) is 0 Å². The molecule has 63 heavy (non-hydrogen) atoms. The fraction of sp³-hybridized carbons (Fsp3) is 0.698. The second kappa shape index (κ2) is 21.1. The van der Waals surface area contributed by atoms with Crippen molar-refractivity contribution >= 4 is 29.8 Å². The lowest BCUT2D eigenvalue weighted by molar-refractivity contribution is -0.886. The molecule has 6 aliphatic rings. The molecule has 1 saturated carbocycles. The first-order valence-electron chi connectivity index (χ1n) is 20.9. The van der Waals surface area contributed by atoms with Crippen molar-refractivity contribution in [2.45, 2.75) is 127 Å². The van der Waals surface area contributed by atoms with Gasteiger partial charge in [-0.05, 0) is 63.9 Å². The number of rotatable bonds is 9. The van der Waals surface area contributed by atoms with Crippen molar-refractivity contribution in [3.05, 3.63) is 47.6 Å². The van der Waals surface area contributed by atoms with Crippen LogP contribution in [0.15, 0.2) is 47.6 Å². The molecule has 0 aromatic rings. The van der Waals surface area contributed by atoms with Gasteiger partial charge in [-0.25, -0.2) is 9.59 Å². The second-order valence-corrected chi connectivity index (χ2v) is 17.1. The van der Waals surface area contributed by atoms with E-state index in [4.69, 9.17) is 43.5 Å². The Morgan fingerprint density at radius 1 is 1.03 bits per heavy atom. The minimum atomic E-state index is -5.19. The van der Waals surface area contributed by atoms with E-state index in [0.29, 0.717) is 24.3 Å². The maximum Gasteiger partial charge on any atom is 0.430 e. The Morgan fingerprint density at radius 3 is 2.17 bits per heavy atom. The number of halogens is 6. The summed E-state index contributed by atoms with van der Waals surface area (Å²) in [6, 6.07) is 0. The number of cyclic esters (lactones) is 1. The van der Waals surface area contributed by atoms with E-state index in [2.05, 4.69) is 25.3 Å². The molecule has 0 radical (unpaired) electrons. The van der Waals surface area contributed by atoms with Crippen molar-refractivity contribution < 1.29 is 94.2 Å². The molecule has 3 fully saturated rings. The maximum absolute atomic E-state index is 13.7. The first kappa shape index (κ1) is 51.4. The Hall–Kier alpha value is -4.27. The van der Waals surface area contributed by atoms with Crippen LogP contribution in [0.1, 0.15) is 72.6 Å². The quantitative estimate of drug-likeness (QED) is 0.147. The molecule has 20 heteroatoms. The number of esters is 3. The molecule has 12 atom stereocenters. The molecule has 14 nitrogen and oxygen atoms in total. The van der Waals surface area contributed by atoms with Crippen molar-refractivity contribution in [3.63, 3.8) is 0 Å². The molecular weight excluding hydrogens is 852 g/mol. The second-order valence-electron chi connectivity index (χ2n) is 17.1. The van der Waals surface area contributed by atoms with E-state index in [-0.39, 0.29) is 42.0 Å². The van der Waals surface area contributed by atoms with Crippen molar-refractivity contribution in [3.8, 4) is 0 Å². The van der Waals surface area contributed by atoms with E-state index in [9.17, 15) is 45.8 Å². The number of methoxy groups -OCH3 is 1. The number of aliphatic carboxylic acids is 2. The average Bonchev–Trinajstić information content (AvgIpc) is 3.81. The normalized spacial score (nSPS) is 36.0. The molecule has 6 rings (SSSR count). The summed E-state index contributed by atoms with van der Waals surface area (Å²) < 4.78 is 94.0. The highest BCUT2D eigenvalue weighted by molar-refractivity contribution is 5.90. The van der Waals surface area contributed by atoms with Crippen LogP contribution in [-0.4, -0.2) is 117 Å². The summed E-state index contributed by atoms with van der Waals surface area (Å²) in [5, 5.41) is 29.5. The number of allylic oxidation sites excluding steroid dienone is 3. The third-order valence-corrected chi connectivity index (χ3v) is 12.9.